The van der Waals surface area contributed by atoms with Crippen molar-refractivity contribution in [3.63, 3.8) is 0 Å². The molecule has 0 spiro atoms. The van der Waals surface area contributed by atoms with Gasteiger partial charge in [0.2, 0.25) is 5.91 Å². The van der Waals surface area contributed by atoms with E-state index in [-0.39, 0.29) is 17.7 Å². The van der Waals surface area contributed by atoms with E-state index in [9.17, 15) is 9.59 Å². The summed E-state index contributed by atoms with van der Waals surface area (Å²) < 4.78 is 0. The lowest BCUT2D eigenvalue weighted by molar-refractivity contribution is -0.120. The lowest BCUT2D eigenvalue weighted by Gasteiger charge is -2.20. The van der Waals surface area contributed by atoms with Gasteiger partial charge in [0.05, 0.1) is 0 Å². The summed E-state index contributed by atoms with van der Waals surface area (Å²) >= 11 is 0. The number of hydrogen-bond acceptors (Lipinski definition) is 2. The first-order valence-corrected chi connectivity index (χ1v) is 7.40. The summed E-state index contributed by atoms with van der Waals surface area (Å²) in [5.74, 6) is 0.0934. The maximum atomic E-state index is 12.2. The van der Waals surface area contributed by atoms with Gasteiger partial charge in [-0.3, -0.25) is 9.59 Å². The first-order valence-electron chi connectivity index (χ1n) is 7.40. The Hall–Kier alpha value is -1.84. The van der Waals surface area contributed by atoms with Crippen molar-refractivity contribution in [2.45, 2.75) is 39.0 Å². The zero-order valence-electron chi connectivity index (χ0n) is 11.9. The van der Waals surface area contributed by atoms with E-state index < -0.39 is 0 Å². The largest absolute Gasteiger partial charge is 0.352 e. The van der Waals surface area contributed by atoms with Crippen LogP contribution in [0.4, 0.5) is 5.69 Å². The highest BCUT2D eigenvalue weighted by Gasteiger charge is 2.21. The molecule has 0 radical (unpaired) electrons. The second-order valence-corrected chi connectivity index (χ2v) is 5.26. The summed E-state index contributed by atoms with van der Waals surface area (Å²) in [6.07, 6.45) is 5.45. The Morgan fingerprint density at radius 1 is 1.20 bits per heavy atom. The van der Waals surface area contributed by atoms with Crippen LogP contribution in [0.1, 0.15) is 49.4 Å². The summed E-state index contributed by atoms with van der Waals surface area (Å²) in [5.41, 5.74) is 1.28. The van der Waals surface area contributed by atoms with Crippen LogP contribution in [-0.4, -0.2) is 18.4 Å². The molecular formula is C16H22N2O2. The molecule has 1 aromatic rings. The monoisotopic (exact) mass is 274 g/mol. The molecule has 0 heterocycles. The number of anilines is 1. The van der Waals surface area contributed by atoms with Gasteiger partial charge in [-0.15, -0.1) is 0 Å². The minimum atomic E-state index is -0.110. The minimum absolute atomic E-state index is 0.0812. The highest BCUT2D eigenvalue weighted by molar-refractivity contribution is 5.97. The molecule has 1 aliphatic carbocycles. The molecule has 0 bridgehead atoms. The Balaban J connectivity index is 2.00. The van der Waals surface area contributed by atoms with Crippen molar-refractivity contribution in [3.05, 3.63) is 29.8 Å². The van der Waals surface area contributed by atoms with Gasteiger partial charge in [0.1, 0.15) is 0 Å². The Morgan fingerprint density at radius 2 is 1.95 bits per heavy atom. The van der Waals surface area contributed by atoms with Crippen molar-refractivity contribution < 1.29 is 9.59 Å². The maximum absolute atomic E-state index is 12.2. The fraction of sp³-hybridized carbons (Fsp3) is 0.500. The number of benzene rings is 1. The Labute approximate surface area is 119 Å². The van der Waals surface area contributed by atoms with Gasteiger partial charge in [-0.25, -0.2) is 0 Å². The Bertz CT molecular complexity index is 479. The molecule has 108 valence electrons. The second kappa shape index (κ2) is 7.08. The second-order valence-electron chi connectivity index (χ2n) is 5.26. The van der Waals surface area contributed by atoms with Crippen LogP contribution in [0.3, 0.4) is 0 Å². The third kappa shape index (κ3) is 3.83. The maximum Gasteiger partial charge on any atom is 0.251 e. The van der Waals surface area contributed by atoms with Crippen LogP contribution in [0.2, 0.25) is 0 Å². The quantitative estimate of drug-likeness (QED) is 0.887. The van der Waals surface area contributed by atoms with Crippen molar-refractivity contribution in [2.75, 3.05) is 11.9 Å². The van der Waals surface area contributed by atoms with E-state index >= 15 is 0 Å². The molecule has 0 saturated heterocycles. The normalized spacial score (nSPS) is 15.7. The van der Waals surface area contributed by atoms with Crippen LogP contribution < -0.4 is 10.6 Å². The van der Waals surface area contributed by atoms with Gasteiger partial charge < -0.3 is 10.6 Å². The zero-order valence-corrected chi connectivity index (χ0v) is 11.9. The fourth-order valence-electron chi connectivity index (χ4n) is 2.61. The number of rotatable bonds is 4. The highest BCUT2D eigenvalue weighted by atomic mass is 16.2. The highest BCUT2D eigenvalue weighted by Crippen LogP contribution is 2.25. The molecule has 0 atom stereocenters. The van der Waals surface area contributed by atoms with Gasteiger partial charge in [-0.2, -0.15) is 0 Å². The van der Waals surface area contributed by atoms with Gasteiger partial charge in [-0.1, -0.05) is 25.3 Å². The Kier molecular flexibility index (Phi) is 5.16. The third-order valence-electron chi connectivity index (χ3n) is 3.71. The summed E-state index contributed by atoms with van der Waals surface area (Å²) in [7, 11) is 0. The predicted octanol–water partition coefficient (Wildman–Crippen LogP) is 2.96. The SMILES string of the molecule is CCNC(=O)c1cccc(NC(=O)C2CCCCC2)c1. The van der Waals surface area contributed by atoms with E-state index in [2.05, 4.69) is 10.6 Å². The average Bonchev–Trinajstić information content (AvgIpc) is 2.48. The molecule has 0 aliphatic heterocycles. The van der Waals surface area contributed by atoms with Crippen LogP contribution >= 0.6 is 0 Å². The summed E-state index contributed by atoms with van der Waals surface area (Å²) in [6, 6.07) is 7.09. The van der Waals surface area contributed by atoms with E-state index in [1.807, 2.05) is 13.0 Å². The zero-order chi connectivity index (χ0) is 14.4. The molecule has 1 fully saturated rings. The van der Waals surface area contributed by atoms with Crippen molar-refractivity contribution in [2.24, 2.45) is 5.92 Å². The molecule has 4 heteroatoms. The first kappa shape index (κ1) is 14.6. The molecule has 0 unspecified atom stereocenters. The molecule has 20 heavy (non-hydrogen) atoms. The summed E-state index contributed by atoms with van der Waals surface area (Å²) in [6.45, 7) is 2.48. The van der Waals surface area contributed by atoms with E-state index in [4.69, 9.17) is 0 Å². The molecule has 1 aliphatic rings. The van der Waals surface area contributed by atoms with Gasteiger partial charge in [0.15, 0.2) is 0 Å². The standard InChI is InChI=1S/C16H22N2O2/c1-2-17-15(19)13-9-6-10-14(11-13)18-16(20)12-7-4-3-5-8-12/h6,9-12H,2-5,7-8H2,1H3,(H,17,19)(H,18,20). The predicted molar refractivity (Wildman–Crippen MR) is 79.7 cm³/mol. The molecule has 2 N–H and O–H groups in total. The topological polar surface area (TPSA) is 58.2 Å². The van der Waals surface area contributed by atoms with Gasteiger partial charge in [0, 0.05) is 23.7 Å². The molecule has 2 amide bonds. The number of amides is 2. The molecular weight excluding hydrogens is 252 g/mol. The first-order chi connectivity index (χ1) is 9.70. The van der Waals surface area contributed by atoms with Crippen LogP contribution in [0.25, 0.3) is 0 Å². The summed E-state index contributed by atoms with van der Waals surface area (Å²) in [5, 5.41) is 5.68. The van der Waals surface area contributed by atoms with Gasteiger partial charge in [0.25, 0.3) is 5.91 Å². The van der Waals surface area contributed by atoms with Gasteiger partial charge in [-0.05, 0) is 38.0 Å². The number of carbonyl (C=O) groups is 2. The number of hydrogen-bond donors (Lipinski definition) is 2. The van der Waals surface area contributed by atoms with Crippen molar-refractivity contribution in [1.29, 1.82) is 0 Å². The Morgan fingerprint density at radius 3 is 2.65 bits per heavy atom. The van der Waals surface area contributed by atoms with E-state index in [0.717, 1.165) is 25.7 Å². The van der Waals surface area contributed by atoms with E-state index in [1.54, 1.807) is 18.2 Å². The molecule has 1 saturated carbocycles. The van der Waals surface area contributed by atoms with Crippen LogP contribution in [0.15, 0.2) is 24.3 Å². The van der Waals surface area contributed by atoms with Crippen molar-refractivity contribution >= 4 is 17.5 Å². The van der Waals surface area contributed by atoms with Crippen LogP contribution in [-0.2, 0) is 4.79 Å². The minimum Gasteiger partial charge on any atom is -0.352 e. The molecule has 2 rings (SSSR count). The molecule has 1 aromatic carbocycles. The smallest absolute Gasteiger partial charge is 0.251 e. The number of nitrogens with one attached hydrogen (secondary N) is 2. The summed E-state index contributed by atoms with van der Waals surface area (Å²) in [4.78, 5) is 23.9. The van der Waals surface area contributed by atoms with Gasteiger partial charge >= 0.3 is 0 Å². The lowest BCUT2D eigenvalue weighted by atomic mass is 9.88. The van der Waals surface area contributed by atoms with E-state index in [0.29, 0.717) is 17.8 Å². The molecule has 4 nitrogen and oxygen atoms in total. The fourth-order valence-corrected chi connectivity index (χ4v) is 2.61. The lowest BCUT2D eigenvalue weighted by Crippen LogP contribution is -2.25. The molecule has 0 aromatic heterocycles. The average molecular weight is 274 g/mol. The van der Waals surface area contributed by atoms with Crippen molar-refractivity contribution in [3.8, 4) is 0 Å². The van der Waals surface area contributed by atoms with E-state index in [1.165, 1.54) is 6.42 Å². The van der Waals surface area contributed by atoms with Crippen molar-refractivity contribution in [1.82, 2.24) is 5.32 Å². The number of carbonyl (C=O) groups excluding carboxylic acids is 2. The van der Waals surface area contributed by atoms with Crippen LogP contribution in [0.5, 0.6) is 0 Å². The van der Waals surface area contributed by atoms with Crippen LogP contribution in [0, 0.1) is 5.92 Å². The third-order valence-corrected chi connectivity index (χ3v) is 3.71.